The molecule has 1 aliphatic heterocycles. The number of anilines is 1. The number of ether oxygens (including phenoxy) is 1. The fourth-order valence-electron chi connectivity index (χ4n) is 6.11. The Balaban J connectivity index is 1.40. The minimum atomic E-state index is -0.959. The Morgan fingerprint density at radius 2 is 1.40 bits per heavy atom. The molecule has 1 atom stereocenters. The molecule has 7 nitrogen and oxygen atoms in total. The number of hydrogen-bond acceptors (Lipinski definition) is 5. The second-order valence-electron chi connectivity index (χ2n) is 12.8. The number of para-hydroxylation sites is 1. The Morgan fingerprint density at radius 1 is 0.833 bits per heavy atom. The van der Waals surface area contributed by atoms with Gasteiger partial charge in [-0.25, -0.2) is 4.79 Å². The summed E-state index contributed by atoms with van der Waals surface area (Å²) in [5, 5.41) is 6.25. The van der Waals surface area contributed by atoms with Crippen LogP contribution in [0.25, 0.3) is 0 Å². The highest BCUT2D eigenvalue weighted by Crippen LogP contribution is 2.38. The molecule has 0 saturated heterocycles. The first-order valence-electron chi connectivity index (χ1n) is 16.2. The summed E-state index contributed by atoms with van der Waals surface area (Å²) >= 11 is 1.61. The highest BCUT2D eigenvalue weighted by Gasteiger charge is 2.38. The lowest BCUT2D eigenvalue weighted by atomic mass is 9.77. The number of nitrogens with one attached hydrogen (secondary N) is 2. The largest absolute Gasteiger partial charge is 0.444 e. The average molecular weight is 662 g/mol. The van der Waals surface area contributed by atoms with Gasteiger partial charge < -0.3 is 20.3 Å². The van der Waals surface area contributed by atoms with E-state index in [2.05, 4.69) is 16.7 Å². The van der Waals surface area contributed by atoms with Crippen LogP contribution in [0.5, 0.6) is 0 Å². The maximum Gasteiger partial charge on any atom is 0.408 e. The number of nitrogens with zero attached hydrogens (tertiary/aromatic N) is 1. The van der Waals surface area contributed by atoms with Gasteiger partial charge in [0.15, 0.2) is 0 Å². The number of hydrogen-bond donors (Lipinski definition) is 2. The van der Waals surface area contributed by atoms with E-state index in [-0.39, 0.29) is 24.7 Å². The fourth-order valence-corrected chi connectivity index (χ4v) is 6.76. The van der Waals surface area contributed by atoms with Crippen LogP contribution in [0.2, 0.25) is 0 Å². The van der Waals surface area contributed by atoms with Gasteiger partial charge in [-0.1, -0.05) is 109 Å². The van der Waals surface area contributed by atoms with Gasteiger partial charge in [0, 0.05) is 23.9 Å². The number of benzene rings is 4. The normalized spacial score (nSPS) is 13.5. The molecule has 0 unspecified atom stereocenters. The SMILES string of the molecule is CSc1cccc2c1N(C(=O)/C=C/[C@H](CCC(=O)NC(c1ccccc1)(c1ccccc1)c1ccccc1)NC(=O)OC(C)(C)C)CC2. The third kappa shape index (κ3) is 8.17. The number of amides is 3. The molecule has 2 N–H and O–H groups in total. The predicted molar refractivity (Wildman–Crippen MR) is 193 cm³/mol. The topological polar surface area (TPSA) is 87.7 Å². The highest BCUT2D eigenvalue weighted by molar-refractivity contribution is 7.98. The number of thioether (sulfide) groups is 1. The molecule has 0 bridgehead atoms. The predicted octanol–water partition coefficient (Wildman–Crippen LogP) is 7.64. The van der Waals surface area contributed by atoms with E-state index in [0.717, 1.165) is 39.3 Å². The zero-order valence-electron chi connectivity index (χ0n) is 27.9. The smallest absolute Gasteiger partial charge is 0.408 e. The quantitative estimate of drug-likeness (QED) is 0.0981. The van der Waals surface area contributed by atoms with Crippen molar-refractivity contribution in [3.05, 3.63) is 144 Å². The van der Waals surface area contributed by atoms with Crippen molar-refractivity contribution in [3.63, 3.8) is 0 Å². The third-order valence-electron chi connectivity index (χ3n) is 8.25. The van der Waals surface area contributed by atoms with E-state index in [1.807, 2.05) is 109 Å². The lowest BCUT2D eigenvalue weighted by molar-refractivity contribution is -0.122. The van der Waals surface area contributed by atoms with Gasteiger partial charge in [-0.3, -0.25) is 9.59 Å². The van der Waals surface area contributed by atoms with Crippen LogP contribution in [-0.2, 0) is 26.3 Å². The monoisotopic (exact) mass is 661 g/mol. The lowest BCUT2D eigenvalue weighted by Gasteiger charge is -2.37. The van der Waals surface area contributed by atoms with Crippen molar-refractivity contribution in [1.82, 2.24) is 10.6 Å². The van der Waals surface area contributed by atoms with E-state index in [4.69, 9.17) is 4.74 Å². The van der Waals surface area contributed by atoms with Gasteiger partial charge in [0.1, 0.15) is 11.1 Å². The standard InChI is InChI=1S/C40H43N3O4S/c1-39(2,3)47-38(46)41-33(24-26-36(45)43-28-27-29-15-14-22-34(48-4)37(29)43)23-25-35(44)42-40(30-16-8-5-9-17-30,31-18-10-6-11-19-31)32-20-12-7-13-21-32/h5-22,24,26,33H,23,25,27-28H2,1-4H3,(H,41,46)(H,42,44)/b26-24+/t33-/m0/s1. The Morgan fingerprint density at radius 3 is 1.92 bits per heavy atom. The van der Waals surface area contributed by atoms with Crippen molar-refractivity contribution < 1.29 is 19.1 Å². The average Bonchev–Trinajstić information content (AvgIpc) is 3.53. The molecule has 0 radical (unpaired) electrons. The zero-order chi connectivity index (χ0) is 34.1. The van der Waals surface area contributed by atoms with Crippen LogP contribution in [0.1, 0.15) is 55.9 Å². The van der Waals surface area contributed by atoms with E-state index >= 15 is 0 Å². The number of fused-ring (bicyclic) bond motifs is 1. The van der Waals surface area contributed by atoms with Gasteiger partial charge >= 0.3 is 6.09 Å². The molecule has 5 rings (SSSR count). The number of carbonyl (C=O) groups is 3. The lowest BCUT2D eigenvalue weighted by Crippen LogP contribution is -2.48. The molecule has 4 aromatic carbocycles. The van der Waals surface area contributed by atoms with Crippen molar-refractivity contribution in [1.29, 1.82) is 0 Å². The molecule has 248 valence electrons. The fraction of sp³-hybridized carbons (Fsp3) is 0.275. The van der Waals surface area contributed by atoms with E-state index < -0.39 is 23.3 Å². The van der Waals surface area contributed by atoms with Crippen molar-refractivity contribution in [2.75, 3.05) is 17.7 Å². The minimum Gasteiger partial charge on any atom is -0.444 e. The molecule has 0 aliphatic carbocycles. The first-order valence-corrected chi connectivity index (χ1v) is 17.5. The molecule has 0 saturated carbocycles. The first kappa shape index (κ1) is 34.5. The maximum atomic E-state index is 14.0. The Labute approximate surface area is 287 Å². The summed E-state index contributed by atoms with van der Waals surface area (Å²) in [7, 11) is 0. The van der Waals surface area contributed by atoms with Gasteiger partial charge in [0.2, 0.25) is 5.91 Å². The summed E-state index contributed by atoms with van der Waals surface area (Å²) in [6, 6.07) is 35.2. The zero-order valence-corrected chi connectivity index (χ0v) is 28.8. The number of carbonyl (C=O) groups excluding carboxylic acids is 3. The molecule has 4 aromatic rings. The van der Waals surface area contributed by atoms with Crippen molar-refractivity contribution in [2.45, 2.75) is 62.1 Å². The Bertz CT molecular complexity index is 1640. The van der Waals surface area contributed by atoms with Gasteiger partial charge in [0.25, 0.3) is 5.91 Å². The van der Waals surface area contributed by atoms with Gasteiger partial charge in [-0.05, 0) is 68.2 Å². The first-order chi connectivity index (χ1) is 23.1. The van der Waals surface area contributed by atoms with Crippen LogP contribution in [0, 0.1) is 0 Å². The summed E-state index contributed by atoms with van der Waals surface area (Å²) < 4.78 is 5.53. The van der Waals surface area contributed by atoms with Crippen LogP contribution in [0.15, 0.2) is 126 Å². The van der Waals surface area contributed by atoms with Crippen molar-refractivity contribution in [3.8, 4) is 0 Å². The molecule has 0 fully saturated rings. The van der Waals surface area contributed by atoms with E-state index in [9.17, 15) is 14.4 Å². The maximum absolute atomic E-state index is 14.0. The molecule has 0 aromatic heterocycles. The molecular formula is C40H43N3O4S. The van der Waals surface area contributed by atoms with E-state index in [1.165, 1.54) is 6.08 Å². The molecule has 1 heterocycles. The van der Waals surface area contributed by atoms with Gasteiger partial charge in [-0.2, -0.15) is 0 Å². The highest BCUT2D eigenvalue weighted by atomic mass is 32.2. The Kier molecular flexibility index (Phi) is 11.1. The number of alkyl carbamates (subject to hydrolysis) is 1. The number of rotatable bonds is 11. The van der Waals surface area contributed by atoms with Crippen LogP contribution in [0.4, 0.5) is 10.5 Å². The van der Waals surface area contributed by atoms with Crippen LogP contribution in [0.3, 0.4) is 0 Å². The molecule has 0 spiro atoms. The van der Waals surface area contributed by atoms with Crippen molar-refractivity contribution >= 4 is 35.4 Å². The molecule has 3 amide bonds. The summed E-state index contributed by atoms with van der Waals surface area (Å²) in [6.45, 7) is 5.96. The van der Waals surface area contributed by atoms with Crippen LogP contribution >= 0.6 is 11.8 Å². The summed E-state index contributed by atoms with van der Waals surface area (Å²) in [5.41, 5.74) is 3.16. The Hall–Kier alpha value is -4.82. The second-order valence-corrected chi connectivity index (χ2v) is 13.6. The van der Waals surface area contributed by atoms with Crippen molar-refractivity contribution in [2.24, 2.45) is 0 Å². The molecule has 1 aliphatic rings. The molecular weight excluding hydrogens is 619 g/mol. The van der Waals surface area contributed by atoms with Gasteiger partial charge in [0.05, 0.1) is 11.7 Å². The minimum absolute atomic E-state index is 0.0798. The summed E-state index contributed by atoms with van der Waals surface area (Å²) in [5.74, 6) is -0.382. The van der Waals surface area contributed by atoms with E-state index in [1.54, 1.807) is 43.5 Å². The summed E-state index contributed by atoms with van der Waals surface area (Å²) in [4.78, 5) is 43.2. The molecule has 48 heavy (non-hydrogen) atoms. The second kappa shape index (κ2) is 15.4. The van der Waals surface area contributed by atoms with Gasteiger partial charge in [-0.15, -0.1) is 11.8 Å². The van der Waals surface area contributed by atoms with Crippen LogP contribution < -0.4 is 15.5 Å². The third-order valence-corrected chi connectivity index (χ3v) is 9.02. The summed E-state index contributed by atoms with van der Waals surface area (Å²) in [6.07, 6.45) is 5.65. The van der Waals surface area contributed by atoms with Crippen LogP contribution in [-0.4, -0.2) is 42.4 Å². The molecule has 8 heteroatoms. The van der Waals surface area contributed by atoms with E-state index in [0.29, 0.717) is 6.54 Å².